The highest BCUT2D eigenvalue weighted by Crippen LogP contribution is 2.38. The number of carbonyl (C=O) groups excluding carboxylic acids is 2. The molecular weight excluding hydrogens is 450 g/mol. The van der Waals surface area contributed by atoms with E-state index in [4.69, 9.17) is 24.9 Å². The Kier molecular flexibility index (Phi) is 6.45. The predicted molar refractivity (Wildman–Crippen MR) is 130 cm³/mol. The summed E-state index contributed by atoms with van der Waals surface area (Å²) in [6, 6.07) is 9.37. The van der Waals surface area contributed by atoms with Crippen molar-refractivity contribution >= 4 is 23.3 Å². The molecule has 1 aromatic carbocycles. The minimum Gasteiger partial charge on any atom is -0.465 e. The molecule has 0 bridgehead atoms. The number of rotatable bonds is 7. The zero-order valence-electron chi connectivity index (χ0n) is 19.6. The number of ether oxygens (including phenoxy) is 3. The first kappa shape index (κ1) is 23.0. The van der Waals surface area contributed by atoms with Gasteiger partial charge in [0.2, 0.25) is 6.79 Å². The molecule has 3 heterocycles. The molecule has 4 N–H and O–H groups in total. The monoisotopic (exact) mass is 479 g/mol. The number of anilines is 1. The average Bonchev–Trinajstić information content (AvgIpc) is 3.48. The van der Waals surface area contributed by atoms with E-state index in [1.807, 2.05) is 24.4 Å². The number of pyridine rings is 1. The van der Waals surface area contributed by atoms with Gasteiger partial charge >= 0.3 is 5.97 Å². The number of imidazole rings is 1. The molecule has 0 spiro atoms. The Morgan fingerprint density at radius 3 is 2.77 bits per heavy atom. The highest BCUT2D eigenvalue weighted by molar-refractivity contribution is 6.01. The third-order valence-electron chi connectivity index (χ3n) is 6.35. The molecule has 1 aliphatic heterocycles. The van der Waals surface area contributed by atoms with Crippen molar-refractivity contribution in [2.75, 3.05) is 25.3 Å². The van der Waals surface area contributed by atoms with E-state index in [2.05, 4.69) is 10.6 Å². The number of nitrogens with two attached hydrogens (primary N) is 1. The molecule has 1 saturated carbocycles. The van der Waals surface area contributed by atoms with E-state index in [1.165, 1.54) is 0 Å². The maximum Gasteiger partial charge on any atom is 0.325 e. The minimum absolute atomic E-state index is 0.0437. The number of fused-ring (bicyclic) bond motifs is 2. The third-order valence-corrected chi connectivity index (χ3v) is 6.35. The minimum atomic E-state index is -0.386. The van der Waals surface area contributed by atoms with Crippen LogP contribution in [0.25, 0.3) is 16.9 Å². The summed E-state index contributed by atoms with van der Waals surface area (Å²) >= 11 is 0. The van der Waals surface area contributed by atoms with Crippen molar-refractivity contribution in [1.29, 1.82) is 0 Å². The summed E-state index contributed by atoms with van der Waals surface area (Å²) < 4.78 is 17.8. The third kappa shape index (κ3) is 4.74. The molecule has 2 aliphatic rings. The number of carbonyl (C=O) groups is 2. The molecule has 5 rings (SSSR count). The topological polar surface area (TPSA) is 129 Å². The lowest BCUT2D eigenvalue weighted by atomic mass is 9.91. The van der Waals surface area contributed by atoms with Gasteiger partial charge in [0.1, 0.15) is 18.1 Å². The molecule has 35 heavy (non-hydrogen) atoms. The van der Waals surface area contributed by atoms with Crippen molar-refractivity contribution in [3.8, 4) is 22.8 Å². The summed E-state index contributed by atoms with van der Waals surface area (Å²) in [4.78, 5) is 30.1. The lowest BCUT2D eigenvalue weighted by Crippen LogP contribution is -2.40. The van der Waals surface area contributed by atoms with Crippen LogP contribution in [-0.4, -0.2) is 53.3 Å². The van der Waals surface area contributed by atoms with Gasteiger partial charge in [0.25, 0.3) is 5.91 Å². The molecule has 3 aromatic rings. The van der Waals surface area contributed by atoms with Crippen molar-refractivity contribution in [3.05, 3.63) is 42.1 Å². The standard InChI is InChI=1S/C25H29N5O5/c1-2-33-21(31)13-27-24-22(15-5-10-19-20(12-15)35-14-34-19)29-23-18(4-3-11-30(23)24)25(32)28-17-8-6-16(26)7-9-17/h3-5,10-12,16-17,27H,2,6-9,13-14,26H2,1H3,(H,28,32). The zero-order chi connectivity index (χ0) is 24.4. The summed E-state index contributed by atoms with van der Waals surface area (Å²) in [7, 11) is 0. The maximum atomic E-state index is 13.2. The van der Waals surface area contributed by atoms with Crippen LogP contribution in [0.15, 0.2) is 36.5 Å². The number of benzene rings is 1. The number of nitrogens with zero attached hydrogens (tertiary/aromatic N) is 2. The Labute approximate surface area is 202 Å². The Morgan fingerprint density at radius 1 is 1.17 bits per heavy atom. The van der Waals surface area contributed by atoms with Crippen LogP contribution in [0, 0.1) is 0 Å². The molecule has 1 aliphatic carbocycles. The van der Waals surface area contributed by atoms with Crippen LogP contribution in [0.5, 0.6) is 11.5 Å². The quantitative estimate of drug-likeness (QED) is 0.441. The van der Waals surface area contributed by atoms with Gasteiger partial charge in [-0.05, 0) is 62.9 Å². The lowest BCUT2D eigenvalue weighted by molar-refractivity contribution is -0.140. The molecule has 0 unspecified atom stereocenters. The van der Waals surface area contributed by atoms with E-state index in [1.54, 1.807) is 23.5 Å². The van der Waals surface area contributed by atoms with Gasteiger partial charge in [-0.2, -0.15) is 0 Å². The molecule has 0 radical (unpaired) electrons. The lowest BCUT2D eigenvalue weighted by Gasteiger charge is -2.26. The highest BCUT2D eigenvalue weighted by Gasteiger charge is 2.25. The fraction of sp³-hybridized carbons (Fsp3) is 0.400. The normalized spacial score (nSPS) is 18.9. The summed E-state index contributed by atoms with van der Waals surface area (Å²) in [6.07, 6.45) is 5.32. The first-order chi connectivity index (χ1) is 17.0. The van der Waals surface area contributed by atoms with Crippen LogP contribution in [0.2, 0.25) is 0 Å². The van der Waals surface area contributed by atoms with E-state index < -0.39 is 0 Å². The van der Waals surface area contributed by atoms with Crippen molar-refractivity contribution in [3.63, 3.8) is 0 Å². The molecule has 10 heteroatoms. The molecule has 0 saturated heterocycles. The Morgan fingerprint density at radius 2 is 1.97 bits per heavy atom. The number of hydrogen-bond donors (Lipinski definition) is 3. The van der Waals surface area contributed by atoms with Crippen molar-refractivity contribution in [1.82, 2.24) is 14.7 Å². The van der Waals surface area contributed by atoms with Crippen LogP contribution in [0.4, 0.5) is 5.82 Å². The molecule has 1 amide bonds. The molecule has 1 fully saturated rings. The molecule has 184 valence electrons. The van der Waals surface area contributed by atoms with Gasteiger partial charge in [-0.1, -0.05) is 0 Å². The summed E-state index contributed by atoms with van der Waals surface area (Å²) in [6.45, 7) is 2.17. The molecular formula is C25H29N5O5. The number of aromatic nitrogens is 2. The second-order valence-electron chi connectivity index (χ2n) is 8.74. The number of esters is 1. The Bertz CT molecular complexity index is 1250. The molecule has 10 nitrogen and oxygen atoms in total. The van der Waals surface area contributed by atoms with Crippen LogP contribution < -0.4 is 25.8 Å². The van der Waals surface area contributed by atoms with Crippen LogP contribution in [-0.2, 0) is 9.53 Å². The second kappa shape index (κ2) is 9.83. The smallest absolute Gasteiger partial charge is 0.325 e. The van der Waals surface area contributed by atoms with Gasteiger partial charge in [-0.25, -0.2) is 4.98 Å². The van der Waals surface area contributed by atoms with Gasteiger partial charge in [0.05, 0.1) is 12.2 Å². The highest BCUT2D eigenvalue weighted by atomic mass is 16.7. The van der Waals surface area contributed by atoms with E-state index in [9.17, 15) is 9.59 Å². The van der Waals surface area contributed by atoms with E-state index in [-0.39, 0.29) is 37.3 Å². The van der Waals surface area contributed by atoms with Crippen molar-refractivity contribution < 1.29 is 23.8 Å². The second-order valence-corrected chi connectivity index (χ2v) is 8.74. The van der Waals surface area contributed by atoms with Gasteiger partial charge in [-0.3, -0.25) is 14.0 Å². The van der Waals surface area contributed by atoms with Crippen molar-refractivity contribution in [2.24, 2.45) is 5.73 Å². The zero-order valence-corrected chi connectivity index (χ0v) is 19.6. The van der Waals surface area contributed by atoms with E-state index in [0.717, 1.165) is 31.2 Å². The van der Waals surface area contributed by atoms with E-state index >= 15 is 0 Å². The molecule has 2 aromatic heterocycles. The fourth-order valence-electron chi connectivity index (χ4n) is 4.55. The number of hydrogen-bond acceptors (Lipinski definition) is 8. The Hall–Kier alpha value is -3.79. The number of amides is 1. The SMILES string of the molecule is CCOC(=O)CNc1c(-c2ccc3c(c2)OCO3)nc2c(C(=O)NC3CCC(N)CC3)cccn12. The van der Waals surface area contributed by atoms with Gasteiger partial charge in [0.15, 0.2) is 17.1 Å². The van der Waals surface area contributed by atoms with Crippen LogP contribution in [0.3, 0.4) is 0 Å². The summed E-state index contributed by atoms with van der Waals surface area (Å²) in [5.41, 5.74) is 8.28. The van der Waals surface area contributed by atoms with Gasteiger partial charge in [0, 0.05) is 23.8 Å². The Balaban J connectivity index is 1.51. The van der Waals surface area contributed by atoms with Gasteiger partial charge in [-0.15, -0.1) is 0 Å². The van der Waals surface area contributed by atoms with Crippen LogP contribution in [0.1, 0.15) is 43.0 Å². The average molecular weight is 480 g/mol. The summed E-state index contributed by atoms with van der Waals surface area (Å²) in [5.74, 6) is 1.28. The first-order valence-electron chi connectivity index (χ1n) is 11.9. The van der Waals surface area contributed by atoms with E-state index in [0.29, 0.717) is 40.8 Å². The fourth-order valence-corrected chi connectivity index (χ4v) is 4.55. The predicted octanol–water partition coefficient (Wildman–Crippen LogP) is 2.70. The largest absolute Gasteiger partial charge is 0.465 e. The van der Waals surface area contributed by atoms with Crippen LogP contribution >= 0.6 is 0 Å². The summed E-state index contributed by atoms with van der Waals surface area (Å²) in [5, 5.41) is 6.29. The maximum absolute atomic E-state index is 13.2. The van der Waals surface area contributed by atoms with Crippen molar-refractivity contribution in [2.45, 2.75) is 44.7 Å². The number of nitrogens with one attached hydrogen (secondary N) is 2. The molecule has 0 atom stereocenters. The van der Waals surface area contributed by atoms with Gasteiger partial charge < -0.3 is 30.6 Å². The first-order valence-corrected chi connectivity index (χ1v) is 11.9.